The second-order valence-electron chi connectivity index (χ2n) is 8.51. The molecule has 1 heterocycles. The van der Waals surface area contributed by atoms with Gasteiger partial charge in [-0.25, -0.2) is 18.1 Å². The van der Waals surface area contributed by atoms with E-state index in [1.807, 2.05) is 6.92 Å². The summed E-state index contributed by atoms with van der Waals surface area (Å²) in [5.74, 6) is 1.21. The topological polar surface area (TPSA) is 120 Å². The van der Waals surface area contributed by atoms with Crippen LogP contribution in [0.5, 0.6) is 0 Å². The predicted octanol–water partition coefficient (Wildman–Crippen LogP) is 4.54. The number of hydrogen-bond acceptors (Lipinski definition) is 7. The van der Waals surface area contributed by atoms with E-state index >= 15 is 0 Å². The van der Waals surface area contributed by atoms with Crippen LogP contribution in [0, 0.1) is 5.41 Å². The van der Waals surface area contributed by atoms with Gasteiger partial charge in [0.1, 0.15) is 5.82 Å². The molecule has 0 saturated heterocycles. The molecule has 4 N–H and O–H groups in total. The highest BCUT2D eigenvalue weighted by Crippen LogP contribution is 2.25. The summed E-state index contributed by atoms with van der Waals surface area (Å²) in [6, 6.07) is 6.75. The average Bonchev–Trinajstić information content (AvgIpc) is 2.83. The largest absolute Gasteiger partial charge is 0.367 e. The van der Waals surface area contributed by atoms with Crippen molar-refractivity contribution < 1.29 is 8.42 Å². The van der Waals surface area contributed by atoms with E-state index in [2.05, 4.69) is 27.3 Å². The van der Waals surface area contributed by atoms with E-state index in [9.17, 15) is 8.42 Å². The van der Waals surface area contributed by atoms with Gasteiger partial charge in [0.2, 0.25) is 16.0 Å². The molecule has 1 aromatic carbocycles. The Balaban J connectivity index is 1.84. The highest BCUT2D eigenvalue weighted by atomic mass is 32.2. The molecule has 2 aromatic rings. The fourth-order valence-corrected chi connectivity index (χ4v) is 4.99. The third-order valence-electron chi connectivity index (χ3n) is 5.81. The highest BCUT2D eigenvalue weighted by molar-refractivity contribution is 7.89. The van der Waals surface area contributed by atoms with Crippen molar-refractivity contribution in [3.8, 4) is 0 Å². The molecule has 0 unspecified atom stereocenters. The SMILES string of the molecule is CCCCNc1ncc(C(=N)c2ccc(S(=O)(=O)NCCC)cc2)c(NC2CCCCC2)n1. The molecule has 0 aliphatic heterocycles. The van der Waals surface area contributed by atoms with Crippen LogP contribution in [0.15, 0.2) is 35.4 Å². The molecule has 0 bridgehead atoms. The molecule has 180 valence electrons. The minimum absolute atomic E-state index is 0.194. The van der Waals surface area contributed by atoms with E-state index in [-0.39, 0.29) is 10.6 Å². The Hall–Kier alpha value is -2.52. The first-order valence-corrected chi connectivity index (χ1v) is 13.5. The maximum Gasteiger partial charge on any atom is 0.240 e. The van der Waals surface area contributed by atoms with Crippen LogP contribution in [0.4, 0.5) is 11.8 Å². The second-order valence-corrected chi connectivity index (χ2v) is 10.3. The standard InChI is InChI=1S/C24H36N6O2S/c1-3-5-16-26-24-27-17-21(23(30-24)29-19-9-7-6-8-10-19)22(25)18-11-13-20(14-12-18)33(31,32)28-15-4-2/h11-14,17,19,25,28H,3-10,15-16H2,1-2H3,(H2,26,27,29,30). The lowest BCUT2D eigenvalue weighted by Crippen LogP contribution is -2.25. The molecule has 1 aliphatic rings. The zero-order valence-corrected chi connectivity index (χ0v) is 20.5. The summed E-state index contributed by atoms with van der Waals surface area (Å²) in [6.07, 6.45) is 10.4. The molecule has 1 aliphatic carbocycles. The molecule has 0 spiro atoms. The highest BCUT2D eigenvalue weighted by Gasteiger charge is 2.20. The molecule has 1 saturated carbocycles. The Morgan fingerprint density at radius 3 is 2.45 bits per heavy atom. The van der Waals surface area contributed by atoms with Crippen molar-refractivity contribution in [3.63, 3.8) is 0 Å². The Labute approximate surface area is 197 Å². The van der Waals surface area contributed by atoms with Gasteiger partial charge in [-0.3, -0.25) is 5.41 Å². The van der Waals surface area contributed by atoms with Crippen molar-refractivity contribution in [3.05, 3.63) is 41.6 Å². The lowest BCUT2D eigenvalue weighted by Gasteiger charge is -2.24. The average molecular weight is 473 g/mol. The van der Waals surface area contributed by atoms with Crippen LogP contribution >= 0.6 is 0 Å². The number of unbranched alkanes of at least 4 members (excludes halogenated alkanes) is 1. The molecule has 0 amide bonds. The van der Waals surface area contributed by atoms with Crippen molar-refractivity contribution in [2.75, 3.05) is 23.7 Å². The molecule has 1 aromatic heterocycles. The summed E-state index contributed by atoms with van der Waals surface area (Å²) >= 11 is 0. The number of aromatic nitrogens is 2. The van der Waals surface area contributed by atoms with Crippen molar-refractivity contribution in [2.24, 2.45) is 0 Å². The van der Waals surface area contributed by atoms with Crippen LogP contribution < -0.4 is 15.4 Å². The molecular weight excluding hydrogens is 436 g/mol. The molecule has 1 fully saturated rings. The molecule has 8 nitrogen and oxygen atoms in total. The van der Waals surface area contributed by atoms with Gasteiger partial charge in [0.15, 0.2) is 0 Å². The Kier molecular flexibility index (Phi) is 9.20. The molecule has 33 heavy (non-hydrogen) atoms. The Morgan fingerprint density at radius 1 is 1.06 bits per heavy atom. The second kappa shape index (κ2) is 12.1. The summed E-state index contributed by atoms with van der Waals surface area (Å²) in [5.41, 5.74) is 1.49. The minimum Gasteiger partial charge on any atom is -0.367 e. The number of sulfonamides is 1. The van der Waals surface area contributed by atoms with Crippen molar-refractivity contribution in [2.45, 2.75) is 76.2 Å². The van der Waals surface area contributed by atoms with Crippen LogP contribution in [0.3, 0.4) is 0 Å². The maximum atomic E-state index is 12.4. The molecule has 0 atom stereocenters. The van der Waals surface area contributed by atoms with Gasteiger partial charge in [-0.2, -0.15) is 4.98 Å². The van der Waals surface area contributed by atoms with Gasteiger partial charge in [-0.15, -0.1) is 0 Å². The summed E-state index contributed by atoms with van der Waals surface area (Å²) in [4.78, 5) is 9.32. The third-order valence-corrected chi connectivity index (χ3v) is 7.29. The maximum absolute atomic E-state index is 12.4. The fraction of sp³-hybridized carbons (Fsp3) is 0.542. The zero-order valence-electron chi connectivity index (χ0n) is 19.7. The van der Waals surface area contributed by atoms with E-state index in [4.69, 9.17) is 10.4 Å². The number of benzene rings is 1. The molecule has 3 rings (SSSR count). The number of rotatable bonds is 12. The lowest BCUT2D eigenvalue weighted by atomic mass is 9.95. The Bertz CT molecular complexity index is 1020. The van der Waals surface area contributed by atoms with Crippen molar-refractivity contribution in [1.82, 2.24) is 14.7 Å². The quantitative estimate of drug-likeness (QED) is 0.266. The first-order chi connectivity index (χ1) is 15.9. The zero-order chi connectivity index (χ0) is 23.7. The summed E-state index contributed by atoms with van der Waals surface area (Å²) < 4.78 is 27.3. The minimum atomic E-state index is -3.54. The van der Waals surface area contributed by atoms with Gasteiger partial charge in [-0.1, -0.05) is 51.7 Å². The van der Waals surface area contributed by atoms with Gasteiger partial charge >= 0.3 is 0 Å². The monoisotopic (exact) mass is 472 g/mol. The van der Waals surface area contributed by atoms with Gasteiger partial charge in [-0.05, 0) is 37.8 Å². The van der Waals surface area contributed by atoms with Crippen LogP contribution in [-0.2, 0) is 10.0 Å². The van der Waals surface area contributed by atoms with Gasteiger partial charge < -0.3 is 10.6 Å². The van der Waals surface area contributed by atoms with Crippen LogP contribution in [0.1, 0.15) is 76.3 Å². The number of nitrogens with zero attached hydrogens (tertiary/aromatic N) is 2. The normalized spacial score (nSPS) is 14.7. The smallest absolute Gasteiger partial charge is 0.240 e. The Morgan fingerprint density at radius 2 is 1.79 bits per heavy atom. The molecule has 9 heteroatoms. The molecular formula is C24H36N6O2S. The van der Waals surface area contributed by atoms with Crippen LogP contribution in [-0.4, -0.2) is 43.2 Å². The lowest BCUT2D eigenvalue weighted by molar-refractivity contribution is 0.462. The van der Waals surface area contributed by atoms with Gasteiger partial charge in [0.25, 0.3) is 0 Å². The van der Waals surface area contributed by atoms with Crippen molar-refractivity contribution >= 4 is 27.5 Å². The van der Waals surface area contributed by atoms with Crippen LogP contribution in [0.2, 0.25) is 0 Å². The van der Waals surface area contributed by atoms with Crippen molar-refractivity contribution in [1.29, 1.82) is 5.41 Å². The van der Waals surface area contributed by atoms with Gasteiger partial charge in [0.05, 0.1) is 16.2 Å². The van der Waals surface area contributed by atoms with E-state index < -0.39 is 10.0 Å². The summed E-state index contributed by atoms with van der Waals surface area (Å²) in [7, 11) is -3.54. The van der Waals surface area contributed by atoms with E-state index in [0.717, 1.165) is 38.6 Å². The third kappa shape index (κ3) is 6.98. The van der Waals surface area contributed by atoms with E-state index in [1.165, 1.54) is 31.4 Å². The number of nitrogens with one attached hydrogen (secondary N) is 4. The first-order valence-electron chi connectivity index (χ1n) is 12.0. The molecule has 0 radical (unpaired) electrons. The summed E-state index contributed by atoms with van der Waals surface area (Å²) in [5, 5.41) is 15.6. The number of anilines is 2. The fourth-order valence-electron chi connectivity index (χ4n) is 3.85. The first kappa shape index (κ1) is 25.1. The van der Waals surface area contributed by atoms with E-state index in [0.29, 0.717) is 35.5 Å². The number of hydrogen-bond donors (Lipinski definition) is 4. The summed E-state index contributed by atoms with van der Waals surface area (Å²) in [6.45, 7) is 5.25. The van der Waals surface area contributed by atoms with Crippen LogP contribution in [0.25, 0.3) is 0 Å². The predicted molar refractivity (Wildman–Crippen MR) is 134 cm³/mol. The van der Waals surface area contributed by atoms with E-state index in [1.54, 1.807) is 18.3 Å². The van der Waals surface area contributed by atoms with Gasteiger partial charge in [0, 0.05) is 30.9 Å².